The first-order chi connectivity index (χ1) is 5.15. The Morgan fingerprint density at radius 2 is 2.09 bits per heavy atom. The van der Waals surface area contributed by atoms with Crippen molar-refractivity contribution in [3.05, 3.63) is 28.0 Å². The Morgan fingerprint density at radius 3 is 2.64 bits per heavy atom. The van der Waals surface area contributed by atoms with Crippen LogP contribution in [0, 0.1) is 12.7 Å². The van der Waals surface area contributed by atoms with Crippen LogP contribution in [0.4, 0.5) is 4.39 Å². The summed E-state index contributed by atoms with van der Waals surface area (Å²) in [6.07, 6.45) is 1.87. The Hall–Kier alpha value is -0.0200. The molecule has 0 aliphatic carbocycles. The van der Waals surface area contributed by atoms with E-state index in [0.29, 0.717) is 10.5 Å². The van der Waals surface area contributed by atoms with Crippen LogP contribution in [-0.2, 0) is 0 Å². The number of rotatable bonds is 1. The van der Waals surface area contributed by atoms with Gasteiger partial charge in [-0.3, -0.25) is 0 Å². The highest BCUT2D eigenvalue weighted by molar-refractivity contribution is 9.10. The summed E-state index contributed by atoms with van der Waals surface area (Å²) >= 11 is 4.73. The van der Waals surface area contributed by atoms with Gasteiger partial charge in [0.1, 0.15) is 5.82 Å². The maximum atomic E-state index is 13.1. The highest BCUT2D eigenvalue weighted by Crippen LogP contribution is 2.25. The molecule has 0 radical (unpaired) electrons. The normalized spacial score (nSPS) is 10.2. The number of aryl methyl sites for hydroxylation is 1. The summed E-state index contributed by atoms with van der Waals surface area (Å²) in [6.45, 7) is 1.76. The van der Waals surface area contributed by atoms with E-state index in [9.17, 15) is 4.39 Å². The summed E-state index contributed by atoms with van der Waals surface area (Å²) in [5.74, 6) is -0.110. The number of benzene rings is 1. The summed E-state index contributed by atoms with van der Waals surface area (Å²) in [7, 11) is 0. The number of hydrogen-bond acceptors (Lipinski definition) is 1. The SMILES string of the molecule is CSc1cc(Br)cc(C)c1F. The van der Waals surface area contributed by atoms with Gasteiger partial charge in [-0.15, -0.1) is 11.8 Å². The van der Waals surface area contributed by atoms with Gasteiger partial charge in [0, 0.05) is 9.37 Å². The third-order valence-electron chi connectivity index (χ3n) is 1.41. The van der Waals surface area contributed by atoms with Gasteiger partial charge in [-0.2, -0.15) is 0 Å². The topological polar surface area (TPSA) is 0 Å². The number of hydrogen-bond donors (Lipinski definition) is 0. The summed E-state index contributed by atoms with van der Waals surface area (Å²) in [5, 5.41) is 0. The fraction of sp³-hybridized carbons (Fsp3) is 0.250. The summed E-state index contributed by atoms with van der Waals surface area (Å²) in [6, 6.07) is 3.56. The van der Waals surface area contributed by atoms with Crippen molar-refractivity contribution >= 4 is 27.7 Å². The lowest BCUT2D eigenvalue weighted by Crippen LogP contribution is -1.85. The summed E-state index contributed by atoms with van der Waals surface area (Å²) in [5.41, 5.74) is 0.684. The smallest absolute Gasteiger partial charge is 0.139 e. The minimum Gasteiger partial charge on any atom is -0.205 e. The first kappa shape index (κ1) is 9.07. The minimum atomic E-state index is -0.110. The van der Waals surface area contributed by atoms with E-state index < -0.39 is 0 Å². The largest absolute Gasteiger partial charge is 0.205 e. The van der Waals surface area contributed by atoms with Crippen molar-refractivity contribution in [1.82, 2.24) is 0 Å². The molecule has 0 unspecified atom stereocenters. The van der Waals surface area contributed by atoms with Crippen molar-refractivity contribution in [3.63, 3.8) is 0 Å². The quantitative estimate of drug-likeness (QED) is 0.670. The monoisotopic (exact) mass is 234 g/mol. The zero-order chi connectivity index (χ0) is 8.43. The molecule has 11 heavy (non-hydrogen) atoms. The summed E-state index contributed by atoms with van der Waals surface area (Å²) in [4.78, 5) is 0.692. The van der Waals surface area contributed by atoms with E-state index in [1.807, 2.05) is 6.26 Å². The molecule has 0 nitrogen and oxygen atoms in total. The molecule has 1 aromatic rings. The van der Waals surface area contributed by atoms with Gasteiger partial charge >= 0.3 is 0 Å². The van der Waals surface area contributed by atoms with Crippen molar-refractivity contribution in [2.24, 2.45) is 0 Å². The molecule has 0 aliphatic heterocycles. The van der Waals surface area contributed by atoms with Gasteiger partial charge in [-0.1, -0.05) is 15.9 Å². The molecule has 0 atom stereocenters. The van der Waals surface area contributed by atoms with E-state index in [2.05, 4.69) is 15.9 Å². The molecule has 0 saturated carbocycles. The fourth-order valence-corrected chi connectivity index (χ4v) is 2.15. The number of thioether (sulfide) groups is 1. The molecule has 3 heteroatoms. The van der Waals surface area contributed by atoms with E-state index in [0.717, 1.165) is 4.47 Å². The average Bonchev–Trinajstić information content (AvgIpc) is 1.96. The van der Waals surface area contributed by atoms with Gasteiger partial charge in [0.05, 0.1) is 0 Å². The first-order valence-electron chi connectivity index (χ1n) is 3.15. The van der Waals surface area contributed by atoms with Crippen LogP contribution in [0.15, 0.2) is 21.5 Å². The Morgan fingerprint density at radius 1 is 1.45 bits per heavy atom. The lowest BCUT2D eigenvalue weighted by Gasteiger charge is -2.02. The van der Waals surface area contributed by atoms with E-state index >= 15 is 0 Å². The van der Waals surface area contributed by atoms with E-state index in [1.54, 1.807) is 19.1 Å². The molecule has 1 aromatic carbocycles. The number of halogens is 2. The van der Waals surface area contributed by atoms with Crippen molar-refractivity contribution in [3.8, 4) is 0 Å². The maximum absolute atomic E-state index is 13.1. The van der Waals surface area contributed by atoms with Crippen LogP contribution >= 0.6 is 27.7 Å². The van der Waals surface area contributed by atoms with Crippen LogP contribution in [0.5, 0.6) is 0 Å². The van der Waals surface area contributed by atoms with Crippen molar-refractivity contribution in [2.45, 2.75) is 11.8 Å². The van der Waals surface area contributed by atoms with Crippen molar-refractivity contribution in [1.29, 1.82) is 0 Å². The van der Waals surface area contributed by atoms with Gasteiger partial charge < -0.3 is 0 Å². The predicted molar refractivity (Wildman–Crippen MR) is 50.6 cm³/mol. The fourth-order valence-electron chi connectivity index (χ4n) is 0.843. The second-order valence-corrected chi connectivity index (χ2v) is 4.00. The van der Waals surface area contributed by atoms with Gasteiger partial charge in [0.25, 0.3) is 0 Å². The molecule has 0 fully saturated rings. The molecule has 0 amide bonds. The molecule has 0 N–H and O–H groups in total. The zero-order valence-corrected chi connectivity index (χ0v) is 8.72. The molecular weight excluding hydrogens is 227 g/mol. The Bertz CT molecular complexity index is 273. The van der Waals surface area contributed by atoms with Gasteiger partial charge in [-0.05, 0) is 30.9 Å². The Kier molecular flexibility index (Phi) is 2.96. The molecule has 0 heterocycles. The summed E-state index contributed by atoms with van der Waals surface area (Å²) < 4.78 is 14.1. The van der Waals surface area contributed by atoms with Crippen molar-refractivity contribution in [2.75, 3.05) is 6.26 Å². The molecule has 0 aliphatic rings. The Labute approximate surface area is 78.3 Å². The highest BCUT2D eigenvalue weighted by atomic mass is 79.9. The molecule has 0 saturated heterocycles. The van der Waals surface area contributed by atoms with Gasteiger partial charge in [-0.25, -0.2) is 4.39 Å². The van der Waals surface area contributed by atoms with Crippen LogP contribution in [0.1, 0.15) is 5.56 Å². The maximum Gasteiger partial charge on any atom is 0.139 e. The van der Waals surface area contributed by atoms with E-state index in [4.69, 9.17) is 0 Å². The molecule has 0 spiro atoms. The molecule has 1 rings (SSSR count). The second kappa shape index (κ2) is 3.59. The van der Waals surface area contributed by atoms with Crippen LogP contribution < -0.4 is 0 Å². The Balaban J connectivity index is 3.24. The molecule has 0 bridgehead atoms. The molecule has 60 valence electrons. The zero-order valence-electron chi connectivity index (χ0n) is 6.32. The van der Waals surface area contributed by atoms with E-state index in [1.165, 1.54) is 11.8 Å². The van der Waals surface area contributed by atoms with Crippen LogP contribution in [-0.4, -0.2) is 6.26 Å². The van der Waals surface area contributed by atoms with Crippen molar-refractivity contribution < 1.29 is 4.39 Å². The molecule has 0 aromatic heterocycles. The second-order valence-electron chi connectivity index (χ2n) is 2.24. The third kappa shape index (κ3) is 1.97. The lowest BCUT2D eigenvalue weighted by atomic mass is 10.2. The lowest BCUT2D eigenvalue weighted by molar-refractivity contribution is 0.592. The van der Waals surface area contributed by atoms with Gasteiger partial charge in [0.15, 0.2) is 0 Å². The highest BCUT2D eigenvalue weighted by Gasteiger charge is 2.04. The third-order valence-corrected chi connectivity index (χ3v) is 2.60. The standard InChI is InChI=1S/C8H8BrFS/c1-5-3-6(9)4-7(11-2)8(5)10/h3-4H,1-2H3. The van der Waals surface area contributed by atoms with Crippen LogP contribution in [0.2, 0.25) is 0 Å². The first-order valence-corrected chi connectivity index (χ1v) is 5.16. The van der Waals surface area contributed by atoms with Gasteiger partial charge in [0.2, 0.25) is 0 Å². The molecular formula is C8H8BrFS. The van der Waals surface area contributed by atoms with Crippen LogP contribution in [0.3, 0.4) is 0 Å². The van der Waals surface area contributed by atoms with E-state index in [-0.39, 0.29) is 5.82 Å². The minimum absolute atomic E-state index is 0.110. The van der Waals surface area contributed by atoms with Crippen LogP contribution in [0.25, 0.3) is 0 Å². The predicted octanol–water partition coefficient (Wildman–Crippen LogP) is 3.62. The average molecular weight is 235 g/mol.